The number of esters is 1. The third-order valence-electron chi connectivity index (χ3n) is 11.5. The van der Waals surface area contributed by atoms with E-state index in [0.29, 0.717) is 35.8 Å². The van der Waals surface area contributed by atoms with E-state index >= 15 is 0 Å². The summed E-state index contributed by atoms with van der Waals surface area (Å²) in [6.45, 7) is 11.4. The summed E-state index contributed by atoms with van der Waals surface area (Å²) in [4.78, 5) is 26.8. The van der Waals surface area contributed by atoms with Crippen LogP contribution in [-0.2, 0) is 9.53 Å². The number of fused-ring (bicyclic) bond motifs is 5. The molecule has 2 amide bonds. The molecular formula is C30H46N4O3. The molecule has 204 valence electrons. The second kappa shape index (κ2) is 10.0. The van der Waals surface area contributed by atoms with Crippen molar-refractivity contribution in [1.82, 2.24) is 20.9 Å². The molecule has 0 radical (unpaired) electrons. The van der Waals surface area contributed by atoms with E-state index in [0.717, 1.165) is 64.4 Å². The predicted molar refractivity (Wildman–Crippen MR) is 144 cm³/mol. The van der Waals surface area contributed by atoms with E-state index in [1.54, 1.807) is 11.6 Å². The molecular weight excluding hydrogens is 464 g/mol. The lowest BCUT2D eigenvalue weighted by atomic mass is 9.45. The average molecular weight is 511 g/mol. The molecule has 4 aliphatic carbocycles. The quantitative estimate of drug-likeness (QED) is 0.389. The molecule has 3 saturated carbocycles. The van der Waals surface area contributed by atoms with E-state index in [-0.39, 0.29) is 17.4 Å². The molecule has 6 rings (SSSR count). The Balaban J connectivity index is 1.04. The molecule has 7 atom stereocenters. The lowest BCUT2D eigenvalue weighted by molar-refractivity contribution is -0.135. The number of rotatable bonds is 5. The van der Waals surface area contributed by atoms with Gasteiger partial charge >= 0.3 is 12.0 Å². The smallest absolute Gasteiger partial charge is 0.331 e. The van der Waals surface area contributed by atoms with Gasteiger partial charge in [-0.2, -0.15) is 0 Å². The first-order valence-corrected chi connectivity index (χ1v) is 14.9. The van der Waals surface area contributed by atoms with Crippen molar-refractivity contribution >= 4 is 12.0 Å². The van der Waals surface area contributed by atoms with Crippen molar-refractivity contribution in [3.8, 4) is 0 Å². The Morgan fingerprint density at radius 2 is 2.00 bits per heavy atom. The fraction of sp³-hybridized carbons (Fsp3) is 0.800. The Hall–Kier alpha value is -1.86. The summed E-state index contributed by atoms with van der Waals surface area (Å²) in [5, 5.41) is 9.81. The number of allylic oxidation sites excluding steroid dienone is 2. The van der Waals surface area contributed by atoms with Gasteiger partial charge in [0.15, 0.2) is 0 Å². The van der Waals surface area contributed by atoms with Crippen LogP contribution < -0.4 is 16.0 Å². The maximum atomic E-state index is 12.6. The zero-order chi connectivity index (χ0) is 25.6. The molecule has 7 nitrogen and oxygen atoms in total. The Kier molecular flexibility index (Phi) is 6.89. The molecule has 0 aromatic carbocycles. The Bertz CT molecular complexity index is 972. The Morgan fingerprint density at radius 3 is 2.78 bits per heavy atom. The Labute approximate surface area is 222 Å². The predicted octanol–water partition coefficient (Wildman–Crippen LogP) is 3.62. The zero-order valence-electron chi connectivity index (χ0n) is 22.8. The van der Waals surface area contributed by atoms with E-state index in [4.69, 9.17) is 4.74 Å². The van der Waals surface area contributed by atoms with Crippen LogP contribution in [0, 0.1) is 34.5 Å². The van der Waals surface area contributed by atoms with Crippen LogP contribution in [-0.4, -0.2) is 68.8 Å². The molecule has 3 N–H and O–H groups in total. The van der Waals surface area contributed by atoms with Gasteiger partial charge in [-0.25, -0.2) is 9.59 Å². The number of piperazine rings is 1. The van der Waals surface area contributed by atoms with Crippen molar-refractivity contribution in [2.75, 3.05) is 45.9 Å². The standard InChI is InChI=1S/C30H46N4O3/c1-29-9-7-22(33-28(36)32-13-16-34-14-11-31-12-15-34)18-21(29)3-4-23-25-6-5-24(20-17-27(35)37-19-20)30(25,2)10-8-26(23)29/h6,17,21-24,26,31H,3-5,7-16,18-19H2,1-2H3,(H2,32,33,36)/t21-,22+,23+,24-,26+,29+,30-/m1/s1. The molecule has 1 saturated heterocycles. The van der Waals surface area contributed by atoms with Gasteiger partial charge in [-0.3, -0.25) is 4.90 Å². The van der Waals surface area contributed by atoms with E-state index in [2.05, 4.69) is 40.8 Å². The summed E-state index contributed by atoms with van der Waals surface area (Å²) in [6, 6.07) is 0.307. The van der Waals surface area contributed by atoms with Crippen molar-refractivity contribution in [3.05, 3.63) is 23.3 Å². The maximum absolute atomic E-state index is 12.6. The average Bonchev–Trinajstić information content (AvgIpc) is 3.47. The van der Waals surface area contributed by atoms with Crippen LogP contribution in [0.2, 0.25) is 0 Å². The molecule has 7 heteroatoms. The van der Waals surface area contributed by atoms with Gasteiger partial charge in [0.2, 0.25) is 0 Å². The van der Waals surface area contributed by atoms with Crippen molar-refractivity contribution in [3.63, 3.8) is 0 Å². The number of urea groups is 1. The molecule has 0 bridgehead atoms. The second-order valence-electron chi connectivity index (χ2n) is 13.2. The minimum atomic E-state index is -0.160. The monoisotopic (exact) mass is 510 g/mol. The number of nitrogens with zero attached hydrogens (tertiary/aromatic N) is 1. The van der Waals surface area contributed by atoms with Crippen molar-refractivity contribution < 1.29 is 14.3 Å². The van der Waals surface area contributed by atoms with Gasteiger partial charge in [0, 0.05) is 51.4 Å². The molecule has 0 spiro atoms. The molecule has 37 heavy (non-hydrogen) atoms. The molecule has 2 heterocycles. The molecule has 0 aromatic rings. The first-order valence-electron chi connectivity index (χ1n) is 14.9. The number of ether oxygens (including phenoxy) is 1. The second-order valence-corrected chi connectivity index (χ2v) is 13.2. The van der Waals surface area contributed by atoms with Gasteiger partial charge in [-0.15, -0.1) is 0 Å². The summed E-state index contributed by atoms with van der Waals surface area (Å²) in [6.07, 6.45) is 13.9. The van der Waals surface area contributed by atoms with Crippen molar-refractivity contribution in [1.29, 1.82) is 0 Å². The normalized spacial score (nSPS) is 41.6. The fourth-order valence-electron chi connectivity index (χ4n) is 9.37. The van der Waals surface area contributed by atoms with Crippen LogP contribution in [0.1, 0.15) is 65.2 Å². The summed E-state index contributed by atoms with van der Waals surface area (Å²) >= 11 is 0. The van der Waals surface area contributed by atoms with E-state index in [1.807, 2.05) is 0 Å². The van der Waals surface area contributed by atoms with Gasteiger partial charge < -0.3 is 20.7 Å². The lowest BCUT2D eigenvalue weighted by Gasteiger charge is -2.60. The summed E-state index contributed by atoms with van der Waals surface area (Å²) < 4.78 is 5.29. The maximum Gasteiger partial charge on any atom is 0.331 e. The Morgan fingerprint density at radius 1 is 1.16 bits per heavy atom. The lowest BCUT2D eigenvalue weighted by Crippen LogP contribution is -2.55. The van der Waals surface area contributed by atoms with Gasteiger partial charge in [0.1, 0.15) is 6.61 Å². The van der Waals surface area contributed by atoms with Gasteiger partial charge in [0.05, 0.1) is 0 Å². The number of nitrogens with one attached hydrogen (secondary N) is 3. The van der Waals surface area contributed by atoms with Crippen molar-refractivity contribution in [2.24, 2.45) is 34.5 Å². The van der Waals surface area contributed by atoms with Crippen LogP contribution in [0.15, 0.2) is 23.3 Å². The highest BCUT2D eigenvalue weighted by molar-refractivity contribution is 5.85. The topological polar surface area (TPSA) is 82.7 Å². The summed E-state index contributed by atoms with van der Waals surface area (Å²) in [5.41, 5.74) is 3.46. The largest absolute Gasteiger partial charge is 0.458 e. The highest BCUT2D eigenvalue weighted by Gasteiger charge is 2.58. The molecule has 0 aromatic heterocycles. The zero-order valence-corrected chi connectivity index (χ0v) is 22.8. The third kappa shape index (κ3) is 4.64. The first kappa shape index (κ1) is 25.4. The van der Waals surface area contributed by atoms with E-state index in [9.17, 15) is 9.59 Å². The number of cyclic esters (lactones) is 1. The van der Waals surface area contributed by atoms with Crippen LogP contribution in [0.4, 0.5) is 4.79 Å². The first-order chi connectivity index (χ1) is 17.9. The third-order valence-corrected chi connectivity index (χ3v) is 11.5. The minimum Gasteiger partial charge on any atom is -0.458 e. The van der Waals surface area contributed by atoms with Crippen LogP contribution in [0.5, 0.6) is 0 Å². The van der Waals surface area contributed by atoms with Crippen LogP contribution in [0.3, 0.4) is 0 Å². The highest BCUT2D eigenvalue weighted by Crippen LogP contribution is 2.66. The minimum absolute atomic E-state index is 0.0108. The summed E-state index contributed by atoms with van der Waals surface area (Å²) in [5.74, 6) is 2.40. The van der Waals surface area contributed by atoms with E-state index in [1.165, 1.54) is 37.7 Å². The van der Waals surface area contributed by atoms with Crippen LogP contribution in [0.25, 0.3) is 0 Å². The number of carbonyl (C=O) groups excluding carboxylic acids is 2. The van der Waals surface area contributed by atoms with Gasteiger partial charge in [0.25, 0.3) is 0 Å². The highest BCUT2D eigenvalue weighted by atomic mass is 16.5. The number of hydrogen-bond donors (Lipinski definition) is 3. The van der Waals surface area contributed by atoms with Crippen LogP contribution >= 0.6 is 0 Å². The molecule has 4 fully saturated rings. The molecule has 2 aliphatic heterocycles. The number of amides is 2. The molecule has 0 unspecified atom stereocenters. The SMILES string of the molecule is C[C@]12CC[C@H](NC(=O)NCCN3CCNCC3)C[C@H]1CC[C@H]1C3=CC[C@H](C4=CC(=O)OC4)[C@@]3(C)CC[C@@H]12. The van der Waals surface area contributed by atoms with Crippen molar-refractivity contribution in [2.45, 2.75) is 71.3 Å². The van der Waals surface area contributed by atoms with E-state index < -0.39 is 0 Å². The summed E-state index contributed by atoms with van der Waals surface area (Å²) in [7, 11) is 0. The number of hydrogen-bond acceptors (Lipinski definition) is 5. The fourth-order valence-corrected chi connectivity index (χ4v) is 9.37. The number of carbonyl (C=O) groups is 2. The van der Waals surface area contributed by atoms with Gasteiger partial charge in [-0.1, -0.05) is 25.5 Å². The molecule has 6 aliphatic rings. The van der Waals surface area contributed by atoms with Gasteiger partial charge in [-0.05, 0) is 91.4 Å².